The van der Waals surface area contributed by atoms with Crippen molar-refractivity contribution in [3.63, 3.8) is 0 Å². The summed E-state index contributed by atoms with van der Waals surface area (Å²) in [5.41, 5.74) is 6.44. The number of rotatable bonds is 4. The summed E-state index contributed by atoms with van der Waals surface area (Å²) >= 11 is 5.88. The molecule has 1 aromatic carbocycles. The number of amides is 1. The van der Waals surface area contributed by atoms with E-state index in [1.54, 1.807) is 12.1 Å². The van der Waals surface area contributed by atoms with E-state index in [2.05, 4.69) is 10.2 Å². The number of hydrogen-bond acceptors (Lipinski definition) is 3. The number of benzene rings is 1. The lowest BCUT2D eigenvalue weighted by Gasteiger charge is -2.31. The Bertz CT molecular complexity index is 442. The molecule has 1 atom stereocenters. The van der Waals surface area contributed by atoms with Gasteiger partial charge in [0.2, 0.25) is 5.91 Å². The van der Waals surface area contributed by atoms with E-state index in [4.69, 9.17) is 17.3 Å². The molecule has 20 heavy (non-hydrogen) atoms. The molecule has 1 heterocycles. The molecule has 0 saturated carbocycles. The van der Waals surface area contributed by atoms with Crippen molar-refractivity contribution in [2.75, 3.05) is 31.5 Å². The second kappa shape index (κ2) is 8.47. The molecule has 112 valence electrons. The van der Waals surface area contributed by atoms with E-state index in [9.17, 15) is 4.79 Å². The Hall–Kier alpha value is -0.810. The van der Waals surface area contributed by atoms with E-state index in [0.29, 0.717) is 24.0 Å². The predicted octanol–water partition coefficient (Wildman–Crippen LogP) is 2.37. The zero-order valence-corrected chi connectivity index (χ0v) is 12.9. The highest BCUT2D eigenvalue weighted by Crippen LogP contribution is 2.16. The van der Waals surface area contributed by atoms with E-state index in [1.807, 2.05) is 12.1 Å². The maximum absolute atomic E-state index is 12.0. The molecule has 6 heteroatoms. The first-order chi connectivity index (χ1) is 9.17. The van der Waals surface area contributed by atoms with Gasteiger partial charge in [-0.1, -0.05) is 17.7 Å². The second-order valence-corrected chi connectivity index (χ2v) is 5.47. The summed E-state index contributed by atoms with van der Waals surface area (Å²) in [7, 11) is 0. The van der Waals surface area contributed by atoms with Crippen LogP contribution in [0, 0.1) is 5.92 Å². The highest BCUT2D eigenvalue weighted by atomic mass is 35.5. The smallest absolute Gasteiger partial charge is 0.238 e. The molecular weight excluding hydrogens is 297 g/mol. The lowest BCUT2D eigenvalue weighted by molar-refractivity contribution is -0.117. The van der Waals surface area contributed by atoms with Crippen LogP contribution in [0.2, 0.25) is 5.02 Å². The van der Waals surface area contributed by atoms with Crippen LogP contribution in [0.4, 0.5) is 5.69 Å². The average molecular weight is 318 g/mol. The Morgan fingerprint density at radius 3 is 3.00 bits per heavy atom. The van der Waals surface area contributed by atoms with Crippen LogP contribution in [0.15, 0.2) is 24.3 Å². The quantitative estimate of drug-likeness (QED) is 0.896. The van der Waals surface area contributed by atoms with Gasteiger partial charge >= 0.3 is 0 Å². The Balaban J connectivity index is 0.00000200. The number of halogens is 2. The molecule has 1 aliphatic heterocycles. The summed E-state index contributed by atoms with van der Waals surface area (Å²) < 4.78 is 0. The number of nitrogens with zero attached hydrogens (tertiary/aromatic N) is 1. The van der Waals surface area contributed by atoms with Crippen LogP contribution in [-0.2, 0) is 4.79 Å². The van der Waals surface area contributed by atoms with Crippen LogP contribution in [0.1, 0.15) is 12.8 Å². The Labute approximate surface area is 131 Å². The first-order valence-corrected chi connectivity index (χ1v) is 7.03. The number of carbonyl (C=O) groups is 1. The molecule has 3 N–H and O–H groups in total. The highest BCUT2D eigenvalue weighted by Gasteiger charge is 2.20. The Morgan fingerprint density at radius 2 is 2.30 bits per heavy atom. The monoisotopic (exact) mass is 317 g/mol. The first-order valence-electron chi connectivity index (χ1n) is 6.65. The van der Waals surface area contributed by atoms with Crippen molar-refractivity contribution in [3.05, 3.63) is 29.3 Å². The molecule has 1 amide bonds. The van der Waals surface area contributed by atoms with E-state index in [0.717, 1.165) is 25.2 Å². The fourth-order valence-electron chi connectivity index (χ4n) is 2.46. The highest BCUT2D eigenvalue weighted by molar-refractivity contribution is 6.30. The predicted molar refractivity (Wildman–Crippen MR) is 85.5 cm³/mol. The number of anilines is 1. The van der Waals surface area contributed by atoms with E-state index in [-0.39, 0.29) is 18.3 Å². The Kier molecular flexibility index (Phi) is 7.30. The topological polar surface area (TPSA) is 58.4 Å². The molecule has 1 aromatic rings. The van der Waals surface area contributed by atoms with Gasteiger partial charge in [-0.15, -0.1) is 12.4 Å². The van der Waals surface area contributed by atoms with Crippen molar-refractivity contribution < 1.29 is 4.79 Å². The lowest BCUT2D eigenvalue weighted by Crippen LogP contribution is -2.42. The van der Waals surface area contributed by atoms with Gasteiger partial charge in [-0.3, -0.25) is 9.69 Å². The molecule has 4 nitrogen and oxygen atoms in total. The summed E-state index contributed by atoms with van der Waals surface area (Å²) in [4.78, 5) is 14.1. The van der Waals surface area contributed by atoms with Gasteiger partial charge in [0.25, 0.3) is 0 Å². The number of piperidine rings is 1. The molecule has 0 radical (unpaired) electrons. The van der Waals surface area contributed by atoms with Crippen LogP contribution < -0.4 is 11.1 Å². The van der Waals surface area contributed by atoms with E-state index >= 15 is 0 Å². The van der Waals surface area contributed by atoms with Crippen LogP contribution in [0.5, 0.6) is 0 Å². The zero-order chi connectivity index (χ0) is 13.7. The molecule has 0 aliphatic carbocycles. The molecule has 2 rings (SSSR count). The van der Waals surface area contributed by atoms with Crippen LogP contribution in [-0.4, -0.2) is 37.0 Å². The van der Waals surface area contributed by atoms with Gasteiger partial charge in [-0.05, 0) is 50.0 Å². The SMILES string of the molecule is Cl.NCC1CCCN(CC(=O)Nc2cccc(Cl)c2)C1. The summed E-state index contributed by atoms with van der Waals surface area (Å²) in [6, 6.07) is 7.19. The minimum Gasteiger partial charge on any atom is -0.330 e. The molecule has 0 spiro atoms. The van der Waals surface area contributed by atoms with Crippen LogP contribution in [0.25, 0.3) is 0 Å². The number of likely N-dealkylation sites (tertiary alicyclic amines) is 1. The molecular formula is C14H21Cl2N3O. The third-order valence-electron chi connectivity index (χ3n) is 3.41. The lowest BCUT2D eigenvalue weighted by atomic mass is 9.98. The van der Waals surface area contributed by atoms with Crippen LogP contribution in [0.3, 0.4) is 0 Å². The molecule has 1 unspecified atom stereocenters. The molecule has 0 aromatic heterocycles. The van der Waals surface area contributed by atoms with Gasteiger partial charge in [-0.2, -0.15) is 0 Å². The van der Waals surface area contributed by atoms with E-state index in [1.165, 1.54) is 6.42 Å². The fraction of sp³-hybridized carbons (Fsp3) is 0.500. The van der Waals surface area contributed by atoms with Gasteiger partial charge in [0.1, 0.15) is 0 Å². The minimum absolute atomic E-state index is 0. The summed E-state index contributed by atoms with van der Waals surface area (Å²) in [5, 5.41) is 3.49. The third-order valence-corrected chi connectivity index (χ3v) is 3.65. The molecule has 0 bridgehead atoms. The normalized spacial score (nSPS) is 19.2. The van der Waals surface area contributed by atoms with Crippen molar-refractivity contribution in [2.24, 2.45) is 11.7 Å². The standard InChI is InChI=1S/C14H20ClN3O.ClH/c15-12-4-1-5-13(7-12)17-14(19)10-18-6-2-3-11(8-16)9-18;/h1,4-5,7,11H,2-3,6,8-10,16H2,(H,17,19);1H. The molecule has 1 aliphatic rings. The fourth-order valence-corrected chi connectivity index (χ4v) is 2.65. The average Bonchev–Trinajstić information content (AvgIpc) is 2.38. The molecule has 1 fully saturated rings. The van der Waals surface area contributed by atoms with Crippen molar-refractivity contribution >= 4 is 35.6 Å². The van der Waals surface area contributed by atoms with Gasteiger partial charge in [0.15, 0.2) is 0 Å². The first kappa shape index (κ1) is 17.2. The molecule has 1 saturated heterocycles. The van der Waals surface area contributed by atoms with Crippen molar-refractivity contribution in [2.45, 2.75) is 12.8 Å². The van der Waals surface area contributed by atoms with Gasteiger partial charge < -0.3 is 11.1 Å². The number of nitrogens with one attached hydrogen (secondary N) is 1. The van der Waals surface area contributed by atoms with Crippen molar-refractivity contribution in [1.82, 2.24) is 4.90 Å². The summed E-state index contributed by atoms with van der Waals surface area (Å²) in [6.07, 6.45) is 2.29. The second-order valence-electron chi connectivity index (χ2n) is 5.04. The third kappa shape index (κ3) is 5.29. The number of hydrogen-bond donors (Lipinski definition) is 2. The summed E-state index contributed by atoms with van der Waals surface area (Å²) in [6.45, 7) is 3.01. The zero-order valence-electron chi connectivity index (χ0n) is 11.3. The van der Waals surface area contributed by atoms with E-state index < -0.39 is 0 Å². The van der Waals surface area contributed by atoms with Gasteiger partial charge in [-0.25, -0.2) is 0 Å². The van der Waals surface area contributed by atoms with Gasteiger partial charge in [0, 0.05) is 17.3 Å². The maximum Gasteiger partial charge on any atom is 0.238 e. The van der Waals surface area contributed by atoms with Gasteiger partial charge in [0.05, 0.1) is 6.54 Å². The largest absolute Gasteiger partial charge is 0.330 e. The maximum atomic E-state index is 12.0. The van der Waals surface area contributed by atoms with Crippen LogP contribution >= 0.6 is 24.0 Å². The van der Waals surface area contributed by atoms with Crippen molar-refractivity contribution in [3.8, 4) is 0 Å². The van der Waals surface area contributed by atoms with Crippen molar-refractivity contribution in [1.29, 1.82) is 0 Å². The Morgan fingerprint density at radius 1 is 1.50 bits per heavy atom. The number of nitrogens with two attached hydrogens (primary N) is 1. The number of carbonyl (C=O) groups excluding carboxylic acids is 1. The summed E-state index contributed by atoms with van der Waals surface area (Å²) in [5.74, 6) is 0.521. The minimum atomic E-state index is -0.0000573.